The molecule has 4 saturated carbocycles. The van der Waals surface area contributed by atoms with Gasteiger partial charge in [0.1, 0.15) is 0 Å². The number of hydrogen-bond donors (Lipinski definition) is 2. The highest BCUT2D eigenvalue weighted by Gasteiger charge is 2.60. The Bertz CT molecular complexity index is 588. The Kier molecular flexibility index (Phi) is 5.61. The molecule has 0 aromatic rings. The van der Waals surface area contributed by atoms with E-state index in [1.54, 1.807) is 0 Å². The zero-order valence-corrected chi connectivity index (χ0v) is 18.3. The zero-order chi connectivity index (χ0) is 20.1. The number of aliphatic hydroxyl groups excluding tert-OH is 1. The summed E-state index contributed by atoms with van der Waals surface area (Å²) < 4.78 is 0. The van der Waals surface area contributed by atoms with Gasteiger partial charge in [0.15, 0.2) is 0 Å². The van der Waals surface area contributed by atoms with Gasteiger partial charge in [0.05, 0.1) is 6.10 Å². The summed E-state index contributed by atoms with van der Waals surface area (Å²) >= 11 is 0. The van der Waals surface area contributed by atoms with Gasteiger partial charge in [0, 0.05) is 6.42 Å². The Morgan fingerprint density at radius 1 is 1.00 bits per heavy atom. The van der Waals surface area contributed by atoms with Gasteiger partial charge in [0.2, 0.25) is 0 Å². The van der Waals surface area contributed by atoms with Crippen LogP contribution in [0.5, 0.6) is 0 Å². The summed E-state index contributed by atoms with van der Waals surface area (Å²) in [5.41, 5.74) is 0.940. The van der Waals surface area contributed by atoms with Crippen LogP contribution < -0.4 is 0 Å². The van der Waals surface area contributed by atoms with E-state index < -0.39 is 5.97 Å². The van der Waals surface area contributed by atoms with E-state index in [1.165, 1.54) is 44.9 Å². The highest BCUT2D eigenvalue weighted by Crippen LogP contribution is 2.68. The summed E-state index contributed by atoms with van der Waals surface area (Å²) in [6.07, 6.45) is 13.7. The number of hydrogen-bond acceptors (Lipinski definition) is 2. The van der Waals surface area contributed by atoms with Gasteiger partial charge >= 0.3 is 5.97 Å². The average molecular weight is 391 g/mol. The molecule has 4 fully saturated rings. The SMILES string of the molecule is C[C@H](CCCC(=O)O)[C@H]1CC[C@H]2[C@@H]3CC[C@@H]4C[C@@H](O)CC[C@]4(C)[C@H]3CC[C@]12C. The first kappa shape index (κ1) is 20.7. The third-order valence-electron chi connectivity index (χ3n) is 10.4. The largest absolute Gasteiger partial charge is 0.481 e. The highest BCUT2D eigenvalue weighted by atomic mass is 16.4. The van der Waals surface area contributed by atoms with Crippen LogP contribution in [0.4, 0.5) is 0 Å². The molecule has 4 rings (SSSR count). The van der Waals surface area contributed by atoms with Gasteiger partial charge < -0.3 is 10.2 Å². The highest BCUT2D eigenvalue weighted by molar-refractivity contribution is 5.66. The van der Waals surface area contributed by atoms with Crippen molar-refractivity contribution in [2.24, 2.45) is 46.3 Å². The summed E-state index contributed by atoms with van der Waals surface area (Å²) in [5, 5.41) is 19.2. The first-order valence-corrected chi connectivity index (χ1v) is 12.2. The van der Waals surface area contributed by atoms with Gasteiger partial charge in [-0.05, 0) is 117 Å². The van der Waals surface area contributed by atoms with E-state index >= 15 is 0 Å². The number of carboxylic acids is 1. The van der Waals surface area contributed by atoms with E-state index in [0.29, 0.717) is 23.2 Å². The molecule has 3 nitrogen and oxygen atoms in total. The minimum atomic E-state index is -0.647. The monoisotopic (exact) mass is 390 g/mol. The van der Waals surface area contributed by atoms with E-state index in [2.05, 4.69) is 20.8 Å². The van der Waals surface area contributed by atoms with E-state index in [-0.39, 0.29) is 6.10 Å². The molecular formula is C25H42O3. The van der Waals surface area contributed by atoms with Gasteiger partial charge in [-0.25, -0.2) is 0 Å². The van der Waals surface area contributed by atoms with Gasteiger partial charge in [-0.1, -0.05) is 20.8 Å². The number of fused-ring (bicyclic) bond motifs is 5. The number of carboxylic acid groups (broad SMARTS) is 1. The Balaban J connectivity index is 1.47. The lowest BCUT2D eigenvalue weighted by Gasteiger charge is -2.61. The van der Waals surface area contributed by atoms with Crippen molar-refractivity contribution in [3.8, 4) is 0 Å². The van der Waals surface area contributed by atoms with Crippen LogP contribution in [-0.2, 0) is 4.79 Å². The molecule has 4 aliphatic carbocycles. The molecular weight excluding hydrogens is 348 g/mol. The molecule has 28 heavy (non-hydrogen) atoms. The molecule has 0 aliphatic heterocycles. The average Bonchev–Trinajstić information content (AvgIpc) is 2.99. The molecule has 0 aromatic heterocycles. The Hall–Kier alpha value is -0.570. The third-order valence-corrected chi connectivity index (χ3v) is 10.4. The molecule has 0 unspecified atom stereocenters. The normalized spacial score (nSPS) is 49.0. The maximum absolute atomic E-state index is 10.9. The quantitative estimate of drug-likeness (QED) is 0.614. The van der Waals surface area contributed by atoms with Crippen LogP contribution in [0.15, 0.2) is 0 Å². The Morgan fingerprint density at radius 2 is 1.71 bits per heavy atom. The molecule has 160 valence electrons. The van der Waals surface area contributed by atoms with Crippen LogP contribution >= 0.6 is 0 Å². The van der Waals surface area contributed by atoms with Crippen molar-refractivity contribution in [2.75, 3.05) is 0 Å². The molecule has 0 bridgehead atoms. The van der Waals surface area contributed by atoms with Crippen LogP contribution in [0, 0.1) is 46.3 Å². The minimum Gasteiger partial charge on any atom is -0.481 e. The summed E-state index contributed by atoms with van der Waals surface area (Å²) in [6.45, 7) is 7.56. The molecule has 0 radical (unpaired) electrons. The van der Waals surface area contributed by atoms with Crippen molar-refractivity contribution < 1.29 is 15.0 Å². The van der Waals surface area contributed by atoms with Crippen molar-refractivity contribution in [1.29, 1.82) is 0 Å². The molecule has 0 heterocycles. The molecule has 2 N–H and O–H groups in total. The third kappa shape index (κ3) is 3.34. The lowest BCUT2D eigenvalue weighted by Crippen LogP contribution is -2.54. The second-order valence-corrected chi connectivity index (χ2v) is 11.6. The minimum absolute atomic E-state index is 0.0500. The lowest BCUT2D eigenvalue weighted by molar-refractivity contribution is -0.137. The van der Waals surface area contributed by atoms with Gasteiger partial charge in [-0.2, -0.15) is 0 Å². The first-order valence-electron chi connectivity index (χ1n) is 12.2. The smallest absolute Gasteiger partial charge is 0.303 e. The maximum atomic E-state index is 10.9. The van der Waals surface area contributed by atoms with Crippen molar-refractivity contribution in [3.63, 3.8) is 0 Å². The Labute approximate surface area is 171 Å². The fourth-order valence-corrected chi connectivity index (χ4v) is 8.99. The second kappa shape index (κ2) is 7.60. The summed E-state index contributed by atoms with van der Waals surface area (Å²) in [4.78, 5) is 10.9. The fraction of sp³-hybridized carbons (Fsp3) is 0.960. The van der Waals surface area contributed by atoms with Crippen molar-refractivity contribution in [3.05, 3.63) is 0 Å². The van der Waals surface area contributed by atoms with Crippen molar-refractivity contribution >= 4 is 5.97 Å². The number of carbonyl (C=O) groups is 1. The predicted octanol–water partition coefficient (Wildman–Crippen LogP) is 5.90. The molecule has 4 aliphatic rings. The first-order chi connectivity index (χ1) is 13.3. The van der Waals surface area contributed by atoms with Gasteiger partial charge in [-0.3, -0.25) is 4.79 Å². The molecule has 0 amide bonds. The fourth-order valence-electron chi connectivity index (χ4n) is 8.99. The zero-order valence-electron chi connectivity index (χ0n) is 18.3. The molecule has 9 atom stereocenters. The van der Waals surface area contributed by atoms with Crippen LogP contribution in [0.3, 0.4) is 0 Å². The van der Waals surface area contributed by atoms with E-state index in [1.807, 2.05) is 0 Å². The van der Waals surface area contributed by atoms with Crippen LogP contribution in [0.2, 0.25) is 0 Å². The summed E-state index contributed by atoms with van der Waals surface area (Å²) in [7, 11) is 0. The van der Waals surface area contributed by atoms with Crippen molar-refractivity contribution in [2.45, 2.75) is 104 Å². The lowest BCUT2D eigenvalue weighted by atomic mass is 9.44. The second-order valence-electron chi connectivity index (χ2n) is 11.6. The Morgan fingerprint density at radius 3 is 2.46 bits per heavy atom. The van der Waals surface area contributed by atoms with Crippen LogP contribution in [0.1, 0.15) is 97.8 Å². The van der Waals surface area contributed by atoms with E-state index in [0.717, 1.165) is 55.3 Å². The van der Waals surface area contributed by atoms with Crippen LogP contribution in [-0.4, -0.2) is 22.3 Å². The molecule has 0 aromatic carbocycles. The predicted molar refractivity (Wildman–Crippen MR) is 112 cm³/mol. The van der Waals surface area contributed by atoms with Crippen LogP contribution in [0.25, 0.3) is 0 Å². The van der Waals surface area contributed by atoms with E-state index in [9.17, 15) is 9.90 Å². The van der Waals surface area contributed by atoms with Gasteiger partial charge in [0.25, 0.3) is 0 Å². The van der Waals surface area contributed by atoms with Gasteiger partial charge in [-0.15, -0.1) is 0 Å². The topological polar surface area (TPSA) is 57.5 Å². The summed E-state index contributed by atoms with van der Waals surface area (Å²) in [6, 6.07) is 0. The molecule has 0 spiro atoms. The standard InChI is InChI=1S/C25H42O3/c1-16(5-4-6-23(27)28)20-9-10-21-19-8-7-17-15-18(26)11-13-24(17,2)22(19)12-14-25(20,21)3/h16-22,26H,4-15H2,1-3H3,(H,27,28)/t16-,17-,18+,19+,20-,21+,22+,24+,25-/m1/s1. The molecule has 3 heteroatoms. The van der Waals surface area contributed by atoms with Crippen molar-refractivity contribution in [1.82, 2.24) is 0 Å². The maximum Gasteiger partial charge on any atom is 0.303 e. The summed E-state index contributed by atoms with van der Waals surface area (Å²) in [5.74, 6) is 4.18. The number of rotatable bonds is 5. The van der Waals surface area contributed by atoms with E-state index in [4.69, 9.17) is 5.11 Å². The number of aliphatic carboxylic acids is 1. The number of aliphatic hydroxyl groups is 1. The molecule has 0 saturated heterocycles.